The number of piperazine rings is 1. The highest BCUT2D eigenvalue weighted by molar-refractivity contribution is 5.62. The van der Waals surface area contributed by atoms with Gasteiger partial charge in [0.1, 0.15) is 5.82 Å². The lowest BCUT2D eigenvalue weighted by Gasteiger charge is -2.36. The second-order valence-electron chi connectivity index (χ2n) is 7.07. The molecule has 4 nitrogen and oxygen atoms in total. The van der Waals surface area contributed by atoms with E-state index in [0.29, 0.717) is 43.4 Å². The lowest BCUT2D eigenvalue weighted by Crippen LogP contribution is -2.47. The van der Waals surface area contributed by atoms with Crippen LogP contribution in [0, 0.1) is 5.82 Å². The van der Waals surface area contributed by atoms with Crippen molar-refractivity contribution in [3.63, 3.8) is 0 Å². The van der Waals surface area contributed by atoms with Gasteiger partial charge in [-0.1, -0.05) is 18.2 Å². The van der Waals surface area contributed by atoms with Gasteiger partial charge in [0, 0.05) is 50.7 Å². The predicted molar refractivity (Wildman–Crippen MR) is 104 cm³/mol. The molecule has 0 amide bonds. The summed E-state index contributed by atoms with van der Waals surface area (Å²) in [7, 11) is 1.83. The number of aromatic nitrogens is 2. The van der Waals surface area contributed by atoms with Crippen LogP contribution in [0.2, 0.25) is 0 Å². The van der Waals surface area contributed by atoms with Crippen LogP contribution < -0.4 is 9.80 Å². The van der Waals surface area contributed by atoms with E-state index >= 15 is 0 Å². The molecule has 152 valence electrons. The van der Waals surface area contributed by atoms with E-state index < -0.39 is 11.7 Å². The van der Waals surface area contributed by atoms with Crippen LogP contribution in [0.3, 0.4) is 0 Å². The molecule has 0 saturated carbocycles. The molecular weight excluding hydrogens is 384 g/mol. The molecule has 0 aliphatic carbocycles. The minimum atomic E-state index is -4.39. The molecule has 4 rings (SSSR count). The lowest BCUT2D eigenvalue weighted by atomic mass is 10.1. The number of rotatable bonds is 3. The van der Waals surface area contributed by atoms with Crippen molar-refractivity contribution in [2.75, 3.05) is 36.0 Å². The Kier molecular flexibility index (Phi) is 4.94. The van der Waals surface area contributed by atoms with Crippen molar-refractivity contribution >= 4 is 11.6 Å². The third-order valence-electron chi connectivity index (χ3n) is 5.07. The third kappa shape index (κ3) is 4.06. The second kappa shape index (κ2) is 7.42. The summed E-state index contributed by atoms with van der Waals surface area (Å²) in [6.45, 7) is 2.78. The van der Waals surface area contributed by atoms with Crippen LogP contribution >= 0.6 is 0 Å². The van der Waals surface area contributed by atoms with Gasteiger partial charge in [-0.05, 0) is 30.3 Å². The van der Waals surface area contributed by atoms with E-state index in [2.05, 4.69) is 14.8 Å². The molecule has 1 fully saturated rings. The molecule has 1 aliphatic heterocycles. The zero-order chi connectivity index (χ0) is 20.6. The lowest BCUT2D eigenvalue weighted by molar-refractivity contribution is -0.137. The number of benzene rings is 2. The van der Waals surface area contributed by atoms with Crippen molar-refractivity contribution in [1.82, 2.24) is 9.55 Å². The number of imidazole rings is 1. The van der Waals surface area contributed by atoms with Gasteiger partial charge in [-0.3, -0.25) is 0 Å². The van der Waals surface area contributed by atoms with Crippen LogP contribution in [-0.4, -0.2) is 35.7 Å². The Bertz CT molecular complexity index is 1000. The fraction of sp³-hybridized carbons (Fsp3) is 0.286. The Morgan fingerprint density at radius 3 is 2.28 bits per heavy atom. The smallest absolute Gasteiger partial charge is 0.368 e. The van der Waals surface area contributed by atoms with Crippen LogP contribution in [0.4, 0.5) is 29.2 Å². The van der Waals surface area contributed by atoms with Gasteiger partial charge in [-0.15, -0.1) is 0 Å². The van der Waals surface area contributed by atoms with E-state index in [1.54, 1.807) is 18.3 Å². The average molecular weight is 404 g/mol. The van der Waals surface area contributed by atoms with Gasteiger partial charge >= 0.3 is 6.18 Å². The normalized spacial score (nSPS) is 15.1. The summed E-state index contributed by atoms with van der Waals surface area (Å²) in [5.74, 6) is 0.441. The van der Waals surface area contributed by atoms with Crippen LogP contribution in [-0.2, 0) is 13.2 Å². The van der Waals surface area contributed by atoms with Crippen molar-refractivity contribution in [3.05, 3.63) is 66.1 Å². The Labute approximate surface area is 166 Å². The van der Waals surface area contributed by atoms with Gasteiger partial charge in [0.15, 0.2) is 0 Å². The maximum absolute atomic E-state index is 13.5. The Hall–Kier alpha value is -3.03. The quantitative estimate of drug-likeness (QED) is 0.598. The number of anilines is 2. The van der Waals surface area contributed by atoms with Gasteiger partial charge in [0.2, 0.25) is 5.95 Å². The molecular formula is C21H20F4N4. The summed E-state index contributed by atoms with van der Waals surface area (Å²) >= 11 is 0. The second-order valence-corrected chi connectivity index (χ2v) is 7.07. The topological polar surface area (TPSA) is 24.3 Å². The molecule has 0 bridgehead atoms. The highest BCUT2D eigenvalue weighted by Gasteiger charge is 2.30. The number of hydrogen-bond acceptors (Lipinski definition) is 3. The first-order valence-corrected chi connectivity index (χ1v) is 9.28. The number of halogens is 4. The first kappa shape index (κ1) is 19.3. The zero-order valence-electron chi connectivity index (χ0n) is 15.8. The monoisotopic (exact) mass is 404 g/mol. The fourth-order valence-electron chi connectivity index (χ4n) is 3.58. The average Bonchev–Trinajstić information content (AvgIpc) is 3.09. The minimum absolute atomic E-state index is 0.264. The highest BCUT2D eigenvalue weighted by atomic mass is 19.4. The maximum Gasteiger partial charge on any atom is 0.416 e. The first-order chi connectivity index (χ1) is 13.8. The summed E-state index contributed by atoms with van der Waals surface area (Å²) in [6, 6.07) is 11.7. The summed E-state index contributed by atoms with van der Waals surface area (Å²) in [6.07, 6.45) is -2.65. The van der Waals surface area contributed by atoms with E-state index in [0.717, 1.165) is 17.8 Å². The summed E-state index contributed by atoms with van der Waals surface area (Å²) in [4.78, 5) is 8.78. The number of alkyl halides is 3. The number of aryl methyl sites for hydroxylation is 1. The van der Waals surface area contributed by atoms with Crippen LogP contribution in [0.25, 0.3) is 11.3 Å². The van der Waals surface area contributed by atoms with Crippen LogP contribution in [0.15, 0.2) is 54.7 Å². The molecule has 0 radical (unpaired) electrons. The Morgan fingerprint density at radius 1 is 0.897 bits per heavy atom. The van der Waals surface area contributed by atoms with Gasteiger partial charge in [-0.25, -0.2) is 9.37 Å². The molecule has 3 aromatic rings. The van der Waals surface area contributed by atoms with E-state index in [9.17, 15) is 17.6 Å². The summed E-state index contributed by atoms with van der Waals surface area (Å²) in [5.41, 5.74) is 1.08. The fourth-order valence-corrected chi connectivity index (χ4v) is 3.58. The molecule has 1 aliphatic rings. The van der Waals surface area contributed by atoms with Crippen LogP contribution in [0.5, 0.6) is 0 Å². The third-order valence-corrected chi connectivity index (χ3v) is 5.07. The molecule has 8 heteroatoms. The van der Waals surface area contributed by atoms with E-state index in [1.165, 1.54) is 18.2 Å². The molecule has 0 unspecified atom stereocenters. The van der Waals surface area contributed by atoms with E-state index in [4.69, 9.17) is 0 Å². The van der Waals surface area contributed by atoms with Crippen molar-refractivity contribution in [2.24, 2.45) is 7.05 Å². The molecule has 0 N–H and O–H groups in total. The SMILES string of the molecule is Cn1cc(-c2cccc(C(F)(F)F)c2)nc1N1CCN(c2cccc(F)c2)CC1. The Balaban J connectivity index is 1.51. The van der Waals surface area contributed by atoms with Gasteiger partial charge in [0.25, 0.3) is 0 Å². The summed E-state index contributed by atoms with van der Waals surface area (Å²) < 4.78 is 54.3. The van der Waals surface area contributed by atoms with Crippen molar-refractivity contribution in [3.8, 4) is 11.3 Å². The van der Waals surface area contributed by atoms with E-state index in [-0.39, 0.29) is 5.82 Å². The molecule has 0 atom stereocenters. The Morgan fingerprint density at radius 2 is 1.59 bits per heavy atom. The zero-order valence-corrected chi connectivity index (χ0v) is 15.8. The molecule has 2 aromatic carbocycles. The molecule has 0 spiro atoms. The molecule has 2 heterocycles. The maximum atomic E-state index is 13.5. The number of hydrogen-bond donors (Lipinski definition) is 0. The first-order valence-electron chi connectivity index (χ1n) is 9.28. The van der Waals surface area contributed by atoms with Crippen molar-refractivity contribution in [2.45, 2.75) is 6.18 Å². The summed E-state index contributed by atoms with van der Waals surface area (Å²) in [5, 5.41) is 0. The largest absolute Gasteiger partial charge is 0.416 e. The van der Waals surface area contributed by atoms with Gasteiger partial charge in [0.05, 0.1) is 11.3 Å². The standard InChI is InChI=1S/C21H20F4N4/c1-27-14-19(15-4-2-5-16(12-15)21(23,24)25)26-20(27)29-10-8-28(9-11-29)18-7-3-6-17(22)13-18/h2-7,12-14H,8-11H2,1H3. The van der Waals surface area contributed by atoms with Gasteiger partial charge in [-0.2, -0.15) is 13.2 Å². The minimum Gasteiger partial charge on any atom is -0.368 e. The molecule has 1 aromatic heterocycles. The van der Waals surface area contributed by atoms with Crippen molar-refractivity contribution < 1.29 is 17.6 Å². The van der Waals surface area contributed by atoms with Gasteiger partial charge < -0.3 is 14.4 Å². The van der Waals surface area contributed by atoms with E-state index in [1.807, 2.05) is 17.7 Å². The molecule has 29 heavy (non-hydrogen) atoms. The van der Waals surface area contributed by atoms with Crippen molar-refractivity contribution in [1.29, 1.82) is 0 Å². The highest BCUT2D eigenvalue weighted by Crippen LogP contribution is 2.32. The van der Waals surface area contributed by atoms with Crippen LogP contribution in [0.1, 0.15) is 5.56 Å². The number of nitrogens with zero attached hydrogens (tertiary/aromatic N) is 4. The molecule has 1 saturated heterocycles. The predicted octanol–water partition coefficient (Wildman–Crippen LogP) is 4.57.